The van der Waals surface area contributed by atoms with E-state index in [1.54, 1.807) is 0 Å². The fraction of sp³-hybridized carbons (Fsp3) is 0.111. The zero-order chi connectivity index (χ0) is 8.97. The standard InChI is InChI=1S/C9H9Br2N/c10-9(11)5-7-3-1-2-4-8(7)6-12/h1-5H,6,12H2. The molecule has 1 nitrogen and oxygen atoms in total. The molecule has 0 aromatic heterocycles. The molecule has 0 unspecified atom stereocenters. The number of nitrogens with two attached hydrogens (primary N) is 1. The SMILES string of the molecule is NCc1ccccc1C=C(Br)Br. The summed E-state index contributed by atoms with van der Waals surface area (Å²) in [5, 5.41) is 0. The van der Waals surface area contributed by atoms with E-state index in [2.05, 4.69) is 31.9 Å². The molecule has 1 rings (SSSR count). The molecule has 3 heteroatoms. The second-order valence-electron chi connectivity index (χ2n) is 2.34. The maximum Gasteiger partial charge on any atom is 0.0610 e. The summed E-state index contributed by atoms with van der Waals surface area (Å²) >= 11 is 6.62. The van der Waals surface area contributed by atoms with Crippen LogP contribution in [0, 0.1) is 0 Å². The fourth-order valence-electron chi connectivity index (χ4n) is 0.978. The van der Waals surface area contributed by atoms with Gasteiger partial charge in [0.05, 0.1) is 3.39 Å². The minimum atomic E-state index is 0.569. The largest absolute Gasteiger partial charge is 0.326 e. The highest BCUT2D eigenvalue weighted by Gasteiger charge is 1.95. The van der Waals surface area contributed by atoms with Crippen molar-refractivity contribution in [2.24, 2.45) is 5.73 Å². The first-order chi connectivity index (χ1) is 5.74. The highest BCUT2D eigenvalue weighted by atomic mass is 79.9. The van der Waals surface area contributed by atoms with Crippen LogP contribution in [0.4, 0.5) is 0 Å². The molecule has 12 heavy (non-hydrogen) atoms. The molecule has 2 N–H and O–H groups in total. The number of hydrogen-bond acceptors (Lipinski definition) is 1. The quantitative estimate of drug-likeness (QED) is 0.889. The summed E-state index contributed by atoms with van der Waals surface area (Å²) in [6.45, 7) is 0.569. The second kappa shape index (κ2) is 4.80. The first-order valence-corrected chi connectivity index (χ1v) is 5.13. The van der Waals surface area contributed by atoms with Crippen molar-refractivity contribution in [1.29, 1.82) is 0 Å². The Balaban J connectivity index is 3.05. The zero-order valence-corrected chi connectivity index (χ0v) is 9.60. The van der Waals surface area contributed by atoms with Gasteiger partial charge in [0.1, 0.15) is 0 Å². The first kappa shape index (κ1) is 9.96. The van der Waals surface area contributed by atoms with Gasteiger partial charge in [-0.15, -0.1) is 0 Å². The summed E-state index contributed by atoms with van der Waals surface area (Å²) < 4.78 is 0.927. The van der Waals surface area contributed by atoms with E-state index in [9.17, 15) is 0 Å². The molecule has 0 aliphatic carbocycles. The minimum Gasteiger partial charge on any atom is -0.326 e. The Morgan fingerprint density at radius 1 is 1.33 bits per heavy atom. The van der Waals surface area contributed by atoms with Gasteiger partial charge in [0.2, 0.25) is 0 Å². The van der Waals surface area contributed by atoms with Crippen LogP contribution in [0.3, 0.4) is 0 Å². The normalized spacial score (nSPS) is 9.58. The van der Waals surface area contributed by atoms with Crippen molar-refractivity contribution >= 4 is 37.9 Å². The molecule has 64 valence electrons. The molecule has 1 aromatic rings. The van der Waals surface area contributed by atoms with Gasteiger partial charge in [0, 0.05) is 6.54 Å². The van der Waals surface area contributed by atoms with Gasteiger partial charge in [-0.2, -0.15) is 0 Å². The molecule has 0 amide bonds. The Morgan fingerprint density at radius 2 is 2.00 bits per heavy atom. The number of benzene rings is 1. The molecule has 0 aliphatic heterocycles. The summed E-state index contributed by atoms with van der Waals surface area (Å²) in [6, 6.07) is 8.04. The highest BCUT2D eigenvalue weighted by molar-refractivity contribution is 9.28. The third-order valence-electron chi connectivity index (χ3n) is 1.54. The Hall–Kier alpha value is -0.120. The van der Waals surface area contributed by atoms with Gasteiger partial charge >= 0.3 is 0 Å². The Kier molecular flexibility index (Phi) is 3.98. The second-order valence-corrected chi connectivity index (χ2v) is 5.11. The molecule has 0 heterocycles. The minimum absolute atomic E-state index is 0.569. The predicted octanol–water partition coefficient (Wildman–Crippen LogP) is 3.23. The van der Waals surface area contributed by atoms with Gasteiger partial charge in [-0.05, 0) is 49.1 Å². The van der Waals surface area contributed by atoms with E-state index in [0.717, 1.165) is 14.5 Å². The highest BCUT2D eigenvalue weighted by Crippen LogP contribution is 2.20. The van der Waals surface area contributed by atoms with Gasteiger partial charge in [0.25, 0.3) is 0 Å². The molecule has 0 fully saturated rings. The maximum absolute atomic E-state index is 5.57. The monoisotopic (exact) mass is 289 g/mol. The van der Waals surface area contributed by atoms with Crippen LogP contribution in [0.5, 0.6) is 0 Å². The van der Waals surface area contributed by atoms with E-state index < -0.39 is 0 Å². The lowest BCUT2D eigenvalue weighted by atomic mass is 10.1. The predicted molar refractivity (Wildman–Crippen MR) is 60.2 cm³/mol. The first-order valence-electron chi connectivity index (χ1n) is 3.54. The lowest BCUT2D eigenvalue weighted by Crippen LogP contribution is -1.98. The van der Waals surface area contributed by atoms with Crippen LogP contribution in [0.1, 0.15) is 11.1 Å². The van der Waals surface area contributed by atoms with Gasteiger partial charge in [-0.25, -0.2) is 0 Å². The van der Waals surface area contributed by atoms with Crippen molar-refractivity contribution in [2.45, 2.75) is 6.54 Å². The third kappa shape index (κ3) is 2.73. The van der Waals surface area contributed by atoms with Crippen molar-refractivity contribution in [3.05, 3.63) is 38.8 Å². The van der Waals surface area contributed by atoms with E-state index in [1.165, 1.54) is 0 Å². The molecule has 0 aliphatic rings. The van der Waals surface area contributed by atoms with E-state index in [4.69, 9.17) is 5.73 Å². The van der Waals surface area contributed by atoms with Crippen LogP contribution in [0.25, 0.3) is 6.08 Å². The summed E-state index contributed by atoms with van der Waals surface area (Å²) in [6.07, 6.45) is 1.99. The lowest BCUT2D eigenvalue weighted by molar-refractivity contribution is 1.07. The third-order valence-corrected chi connectivity index (χ3v) is 2.00. The molecular weight excluding hydrogens is 282 g/mol. The summed E-state index contributed by atoms with van der Waals surface area (Å²) in [5.41, 5.74) is 7.86. The summed E-state index contributed by atoms with van der Waals surface area (Å²) in [7, 11) is 0. The molecule has 0 saturated heterocycles. The van der Waals surface area contributed by atoms with Crippen molar-refractivity contribution in [3.63, 3.8) is 0 Å². The van der Waals surface area contributed by atoms with Gasteiger partial charge in [0.15, 0.2) is 0 Å². The molecule has 0 saturated carbocycles. The van der Waals surface area contributed by atoms with Crippen LogP contribution in [0.2, 0.25) is 0 Å². The molecule has 0 bridgehead atoms. The molecular formula is C9H9Br2N. The van der Waals surface area contributed by atoms with E-state index in [-0.39, 0.29) is 0 Å². The fourth-order valence-corrected chi connectivity index (χ4v) is 1.47. The van der Waals surface area contributed by atoms with Crippen molar-refractivity contribution in [1.82, 2.24) is 0 Å². The van der Waals surface area contributed by atoms with Crippen molar-refractivity contribution < 1.29 is 0 Å². The van der Waals surface area contributed by atoms with Crippen molar-refractivity contribution in [2.75, 3.05) is 0 Å². The van der Waals surface area contributed by atoms with Crippen LogP contribution in [-0.4, -0.2) is 0 Å². The Bertz CT molecular complexity index is 290. The lowest BCUT2D eigenvalue weighted by Gasteiger charge is -2.01. The van der Waals surface area contributed by atoms with Gasteiger partial charge in [-0.3, -0.25) is 0 Å². The van der Waals surface area contributed by atoms with Gasteiger partial charge in [-0.1, -0.05) is 24.3 Å². The Morgan fingerprint density at radius 3 is 2.58 bits per heavy atom. The van der Waals surface area contributed by atoms with E-state index in [0.29, 0.717) is 6.54 Å². The average Bonchev–Trinajstić information content (AvgIpc) is 2.04. The van der Waals surface area contributed by atoms with Gasteiger partial charge < -0.3 is 5.73 Å². The molecule has 0 spiro atoms. The van der Waals surface area contributed by atoms with Crippen LogP contribution in [-0.2, 0) is 6.54 Å². The summed E-state index contributed by atoms with van der Waals surface area (Å²) in [5.74, 6) is 0. The van der Waals surface area contributed by atoms with Crippen LogP contribution in [0.15, 0.2) is 27.7 Å². The van der Waals surface area contributed by atoms with Crippen molar-refractivity contribution in [3.8, 4) is 0 Å². The van der Waals surface area contributed by atoms with E-state index in [1.807, 2.05) is 30.3 Å². The zero-order valence-electron chi connectivity index (χ0n) is 6.43. The molecule has 0 radical (unpaired) electrons. The topological polar surface area (TPSA) is 26.0 Å². The van der Waals surface area contributed by atoms with Crippen LogP contribution < -0.4 is 5.73 Å². The number of rotatable bonds is 2. The average molecular weight is 291 g/mol. The number of halogens is 2. The Labute approximate surface area is 88.9 Å². The summed E-state index contributed by atoms with van der Waals surface area (Å²) in [4.78, 5) is 0. The number of hydrogen-bond donors (Lipinski definition) is 1. The van der Waals surface area contributed by atoms with E-state index >= 15 is 0 Å². The van der Waals surface area contributed by atoms with Crippen LogP contribution >= 0.6 is 31.9 Å². The molecule has 0 atom stereocenters. The molecule has 1 aromatic carbocycles. The maximum atomic E-state index is 5.57. The smallest absolute Gasteiger partial charge is 0.0610 e.